The fourth-order valence-corrected chi connectivity index (χ4v) is 2.87. The van der Waals surface area contributed by atoms with E-state index in [1.807, 2.05) is 32.0 Å². The molecule has 3 rings (SSSR count). The van der Waals surface area contributed by atoms with Gasteiger partial charge in [-0.05, 0) is 55.7 Å². The highest BCUT2D eigenvalue weighted by molar-refractivity contribution is 5.80. The first-order valence-corrected chi connectivity index (χ1v) is 8.86. The van der Waals surface area contributed by atoms with Gasteiger partial charge in [0.1, 0.15) is 18.2 Å². The van der Waals surface area contributed by atoms with Gasteiger partial charge in [0.05, 0.1) is 5.41 Å². The average molecular weight is 356 g/mol. The fraction of sp³-hybridized carbons (Fsp3) is 0.381. The molecule has 0 saturated heterocycles. The highest BCUT2D eigenvalue weighted by atomic mass is 19.1. The first-order valence-electron chi connectivity index (χ1n) is 8.86. The number of ether oxygens (including phenoxy) is 1. The zero-order valence-corrected chi connectivity index (χ0v) is 15.2. The van der Waals surface area contributed by atoms with Gasteiger partial charge in [-0.3, -0.25) is 4.79 Å². The Kier molecular flexibility index (Phi) is 5.28. The number of hydrogen-bond donors (Lipinski definition) is 2. The summed E-state index contributed by atoms with van der Waals surface area (Å²) in [6.07, 6.45) is 1.05. The average Bonchev–Trinajstić information content (AvgIpc) is 3.38. The van der Waals surface area contributed by atoms with E-state index in [2.05, 4.69) is 17.4 Å². The summed E-state index contributed by atoms with van der Waals surface area (Å²) >= 11 is 0. The summed E-state index contributed by atoms with van der Waals surface area (Å²) < 4.78 is 18.9. The lowest BCUT2D eigenvalue weighted by molar-refractivity contribution is -0.125. The van der Waals surface area contributed by atoms with Gasteiger partial charge in [-0.25, -0.2) is 4.39 Å². The lowest BCUT2D eigenvalue weighted by Gasteiger charge is -2.20. The lowest BCUT2D eigenvalue weighted by atomic mass is 9.93. The zero-order valence-electron chi connectivity index (χ0n) is 15.2. The fourth-order valence-electron chi connectivity index (χ4n) is 2.87. The molecular formula is C21H25FN2O2. The minimum Gasteiger partial charge on any atom is -0.489 e. The molecule has 1 fully saturated rings. The largest absolute Gasteiger partial charge is 0.489 e. The van der Waals surface area contributed by atoms with Gasteiger partial charge in [-0.1, -0.05) is 24.3 Å². The van der Waals surface area contributed by atoms with E-state index in [-0.39, 0.29) is 11.7 Å². The summed E-state index contributed by atoms with van der Waals surface area (Å²) in [7, 11) is 0. The van der Waals surface area contributed by atoms with Crippen LogP contribution in [-0.2, 0) is 11.4 Å². The van der Waals surface area contributed by atoms with Crippen molar-refractivity contribution < 1.29 is 13.9 Å². The van der Waals surface area contributed by atoms with E-state index in [1.165, 1.54) is 17.7 Å². The standard InChI is InChI=1S/C21H25FN2O2/c1-21(2,20(23)25)13-24-19-11-18(19)15-6-8-17(9-7-15)26-12-14-4-3-5-16(22)10-14/h3-10,18-19,24H,11-13H2,1-2H3,(H2,23,25)/t18-,19+/m0/s1. The molecule has 1 aliphatic carbocycles. The van der Waals surface area contributed by atoms with Crippen LogP contribution >= 0.6 is 0 Å². The number of nitrogens with two attached hydrogens (primary N) is 1. The Morgan fingerprint density at radius 1 is 1.27 bits per heavy atom. The maximum Gasteiger partial charge on any atom is 0.224 e. The Morgan fingerprint density at radius 3 is 2.65 bits per heavy atom. The molecule has 1 saturated carbocycles. The highest BCUT2D eigenvalue weighted by Crippen LogP contribution is 2.41. The Hall–Kier alpha value is -2.40. The number of halogens is 1. The molecule has 2 aromatic rings. The van der Waals surface area contributed by atoms with Gasteiger partial charge in [0.25, 0.3) is 0 Å². The van der Waals surface area contributed by atoms with Gasteiger partial charge in [0.2, 0.25) is 5.91 Å². The van der Waals surface area contributed by atoms with Crippen LogP contribution in [0.4, 0.5) is 4.39 Å². The van der Waals surface area contributed by atoms with Crippen LogP contribution in [0.1, 0.15) is 37.3 Å². The normalized spacial score (nSPS) is 19.2. The minimum atomic E-state index is -0.540. The molecule has 0 bridgehead atoms. The number of carbonyl (C=O) groups excluding carboxylic acids is 1. The summed E-state index contributed by atoms with van der Waals surface area (Å²) in [5.41, 5.74) is 6.92. The molecule has 26 heavy (non-hydrogen) atoms. The van der Waals surface area contributed by atoms with E-state index in [4.69, 9.17) is 10.5 Å². The molecule has 0 radical (unpaired) electrons. The molecule has 0 heterocycles. The maximum absolute atomic E-state index is 13.2. The molecule has 2 aromatic carbocycles. The number of amides is 1. The molecule has 1 aliphatic rings. The van der Waals surface area contributed by atoms with Crippen LogP contribution in [0, 0.1) is 11.2 Å². The summed E-state index contributed by atoms with van der Waals surface area (Å²) in [4.78, 5) is 11.4. The monoisotopic (exact) mass is 356 g/mol. The molecule has 5 heteroatoms. The van der Waals surface area contributed by atoms with E-state index in [9.17, 15) is 9.18 Å². The first kappa shape index (κ1) is 18.4. The van der Waals surface area contributed by atoms with Crippen LogP contribution in [0.2, 0.25) is 0 Å². The smallest absolute Gasteiger partial charge is 0.224 e. The molecule has 138 valence electrons. The quantitative estimate of drug-likeness (QED) is 0.762. The van der Waals surface area contributed by atoms with Gasteiger partial charge < -0.3 is 15.8 Å². The Bertz CT molecular complexity index is 774. The summed E-state index contributed by atoms with van der Waals surface area (Å²) in [6.45, 7) is 4.63. The lowest BCUT2D eigenvalue weighted by Crippen LogP contribution is -2.41. The Labute approximate surface area is 153 Å². The van der Waals surface area contributed by atoms with Crippen LogP contribution in [0.3, 0.4) is 0 Å². The number of nitrogens with one attached hydrogen (secondary N) is 1. The van der Waals surface area contributed by atoms with Crippen molar-refractivity contribution in [1.82, 2.24) is 5.32 Å². The van der Waals surface area contributed by atoms with Crippen molar-refractivity contribution in [3.63, 3.8) is 0 Å². The number of rotatable bonds is 8. The van der Waals surface area contributed by atoms with Gasteiger partial charge >= 0.3 is 0 Å². The number of hydrogen-bond acceptors (Lipinski definition) is 3. The second-order valence-electron chi connectivity index (χ2n) is 7.57. The van der Waals surface area contributed by atoms with Crippen LogP contribution in [0.5, 0.6) is 5.75 Å². The van der Waals surface area contributed by atoms with Gasteiger partial charge in [-0.2, -0.15) is 0 Å². The zero-order chi connectivity index (χ0) is 18.7. The van der Waals surface area contributed by atoms with Crippen molar-refractivity contribution in [3.05, 3.63) is 65.5 Å². The van der Waals surface area contributed by atoms with Crippen molar-refractivity contribution >= 4 is 5.91 Å². The first-order chi connectivity index (χ1) is 12.3. The van der Waals surface area contributed by atoms with Crippen molar-refractivity contribution in [2.24, 2.45) is 11.1 Å². The SMILES string of the molecule is CC(C)(CN[C@@H]1C[C@H]1c1ccc(OCc2cccc(F)c2)cc1)C(N)=O. The second kappa shape index (κ2) is 7.46. The van der Waals surface area contributed by atoms with Crippen molar-refractivity contribution in [2.45, 2.75) is 38.8 Å². The van der Waals surface area contributed by atoms with Gasteiger partial charge in [-0.15, -0.1) is 0 Å². The van der Waals surface area contributed by atoms with E-state index < -0.39 is 5.41 Å². The second-order valence-corrected chi connectivity index (χ2v) is 7.57. The molecule has 1 amide bonds. The molecule has 0 aliphatic heterocycles. The predicted octanol–water partition coefficient (Wildman–Crippen LogP) is 3.36. The van der Waals surface area contributed by atoms with E-state index in [0.717, 1.165) is 17.7 Å². The van der Waals surface area contributed by atoms with Crippen LogP contribution in [0.25, 0.3) is 0 Å². The maximum atomic E-state index is 13.2. The highest BCUT2D eigenvalue weighted by Gasteiger charge is 2.39. The summed E-state index contributed by atoms with van der Waals surface area (Å²) in [5.74, 6) is 0.671. The Balaban J connectivity index is 1.49. The Morgan fingerprint density at radius 2 is 2.00 bits per heavy atom. The van der Waals surface area contributed by atoms with Crippen LogP contribution < -0.4 is 15.8 Å². The van der Waals surface area contributed by atoms with E-state index in [1.54, 1.807) is 6.07 Å². The third-order valence-corrected chi connectivity index (χ3v) is 4.87. The molecule has 0 spiro atoms. The third kappa shape index (κ3) is 4.61. The summed E-state index contributed by atoms with van der Waals surface area (Å²) in [5, 5.41) is 3.43. The predicted molar refractivity (Wildman–Crippen MR) is 99.3 cm³/mol. The third-order valence-electron chi connectivity index (χ3n) is 4.87. The molecular weight excluding hydrogens is 331 g/mol. The molecule has 0 unspecified atom stereocenters. The van der Waals surface area contributed by atoms with Crippen LogP contribution in [-0.4, -0.2) is 18.5 Å². The number of carbonyl (C=O) groups is 1. The minimum absolute atomic E-state index is 0.256. The van der Waals surface area contributed by atoms with E-state index >= 15 is 0 Å². The summed E-state index contributed by atoms with van der Waals surface area (Å²) in [6, 6.07) is 14.8. The number of primary amides is 1. The van der Waals surface area contributed by atoms with E-state index in [0.29, 0.717) is 25.1 Å². The molecule has 0 aromatic heterocycles. The number of benzene rings is 2. The molecule has 2 atom stereocenters. The molecule has 3 N–H and O–H groups in total. The molecule has 4 nitrogen and oxygen atoms in total. The van der Waals surface area contributed by atoms with Crippen LogP contribution in [0.15, 0.2) is 48.5 Å². The van der Waals surface area contributed by atoms with Gasteiger partial charge in [0, 0.05) is 18.5 Å². The van der Waals surface area contributed by atoms with Crippen molar-refractivity contribution in [2.75, 3.05) is 6.54 Å². The van der Waals surface area contributed by atoms with Crippen molar-refractivity contribution in [1.29, 1.82) is 0 Å². The topological polar surface area (TPSA) is 64.3 Å². The van der Waals surface area contributed by atoms with Crippen molar-refractivity contribution in [3.8, 4) is 5.75 Å². The van der Waals surface area contributed by atoms with Gasteiger partial charge in [0.15, 0.2) is 0 Å².